The summed E-state index contributed by atoms with van der Waals surface area (Å²) < 4.78 is 11.0. The molecule has 108 valence electrons. The van der Waals surface area contributed by atoms with Crippen molar-refractivity contribution in [2.24, 2.45) is 5.41 Å². The van der Waals surface area contributed by atoms with Crippen molar-refractivity contribution in [2.45, 2.75) is 39.8 Å². The maximum Gasteiger partial charge on any atom is 0.119 e. The summed E-state index contributed by atoms with van der Waals surface area (Å²) in [6, 6.07) is 6.35. The summed E-state index contributed by atoms with van der Waals surface area (Å²) in [7, 11) is 5.45. The van der Waals surface area contributed by atoms with Crippen molar-refractivity contribution in [3.8, 4) is 5.75 Å². The number of nitrogens with one attached hydrogen (secondary N) is 1. The molecule has 3 heteroatoms. The molecule has 0 aliphatic heterocycles. The first-order chi connectivity index (χ1) is 8.85. The molecular formula is C16H27NO2. The molecule has 0 bridgehead atoms. The predicted molar refractivity (Wildman–Crippen MR) is 79.8 cm³/mol. The summed E-state index contributed by atoms with van der Waals surface area (Å²) in [5.41, 5.74) is 2.53. The van der Waals surface area contributed by atoms with E-state index in [1.165, 1.54) is 11.1 Å². The molecule has 0 radical (unpaired) electrons. The van der Waals surface area contributed by atoms with Crippen LogP contribution < -0.4 is 10.1 Å². The van der Waals surface area contributed by atoms with Crippen molar-refractivity contribution < 1.29 is 9.47 Å². The number of hydrogen-bond donors (Lipinski definition) is 1. The highest BCUT2D eigenvalue weighted by molar-refractivity contribution is 5.37. The lowest BCUT2D eigenvalue weighted by atomic mass is 9.81. The monoisotopic (exact) mass is 265 g/mol. The van der Waals surface area contributed by atoms with Crippen molar-refractivity contribution in [1.29, 1.82) is 0 Å². The van der Waals surface area contributed by atoms with E-state index in [4.69, 9.17) is 9.47 Å². The molecule has 0 spiro atoms. The van der Waals surface area contributed by atoms with Gasteiger partial charge in [0.05, 0.1) is 19.3 Å². The van der Waals surface area contributed by atoms with E-state index in [9.17, 15) is 0 Å². The van der Waals surface area contributed by atoms with E-state index in [0.717, 1.165) is 5.75 Å². The van der Waals surface area contributed by atoms with Crippen LogP contribution in [-0.4, -0.2) is 27.4 Å². The fraction of sp³-hybridized carbons (Fsp3) is 0.625. The highest BCUT2D eigenvalue weighted by Crippen LogP contribution is 2.34. The summed E-state index contributed by atoms with van der Waals surface area (Å²) in [5.74, 6) is 0.890. The Labute approximate surface area is 117 Å². The maximum absolute atomic E-state index is 5.74. The zero-order chi connectivity index (χ0) is 14.6. The Morgan fingerprint density at radius 1 is 1.16 bits per heavy atom. The second-order valence-corrected chi connectivity index (χ2v) is 6.01. The van der Waals surface area contributed by atoms with E-state index >= 15 is 0 Å². The first kappa shape index (κ1) is 16.0. The summed E-state index contributed by atoms with van der Waals surface area (Å²) in [6.07, 6.45) is 0.101. The summed E-state index contributed by atoms with van der Waals surface area (Å²) >= 11 is 0. The number of rotatable bonds is 5. The SMILES string of the molecule is CNC(c1ccc(OC)cc1C)C(OC)C(C)(C)C. The van der Waals surface area contributed by atoms with Crippen LogP contribution in [0.5, 0.6) is 5.75 Å². The first-order valence-corrected chi connectivity index (χ1v) is 6.69. The van der Waals surface area contributed by atoms with Crippen LogP contribution in [0.3, 0.4) is 0 Å². The number of methoxy groups -OCH3 is 2. The molecule has 0 amide bonds. The van der Waals surface area contributed by atoms with Crippen LogP contribution in [0, 0.1) is 12.3 Å². The summed E-state index contributed by atoms with van der Waals surface area (Å²) in [5, 5.41) is 3.39. The van der Waals surface area contributed by atoms with E-state index in [1.807, 2.05) is 13.1 Å². The lowest BCUT2D eigenvalue weighted by molar-refractivity contribution is -0.0103. The number of aryl methyl sites for hydroxylation is 1. The van der Waals surface area contributed by atoms with Crippen LogP contribution in [-0.2, 0) is 4.74 Å². The number of ether oxygens (including phenoxy) is 2. The maximum atomic E-state index is 5.74. The molecular weight excluding hydrogens is 238 g/mol. The molecule has 1 rings (SSSR count). The van der Waals surface area contributed by atoms with Crippen molar-refractivity contribution in [2.75, 3.05) is 21.3 Å². The van der Waals surface area contributed by atoms with Crippen molar-refractivity contribution >= 4 is 0 Å². The van der Waals surface area contributed by atoms with Gasteiger partial charge in [-0.2, -0.15) is 0 Å². The third kappa shape index (κ3) is 3.71. The third-order valence-corrected chi connectivity index (χ3v) is 3.53. The van der Waals surface area contributed by atoms with Crippen molar-refractivity contribution in [3.05, 3.63) is 29.3 Å². The number of hydrogen-bond acceptors (Lipinski definition) is 3. The fourth-order valence-electron chi connectivity index (χ4n) is 2.58. The minimum absolute atomic E-state index is 0.0643. The molecule has 0 aromatic heterocycles. The van der Waals surface area contributed by atoms with E-state index in [1.54, 1.807) is 14.2 Å². The molecule has 19 heavy (non-hydrogen) atoms. The Morgan fingerprint density at radius 2 is 1.79 bits per heavy atom. The van der Waals surface area contributed by atoms with Gasteiger partial charge in [0, 0.05) is 7.11 Å². The van der Waals surface area contributed by atoms with Gasteiger partial charge in [-0.25, -0.2) is 0 Å². The Balaban J connectivity index is 3.16. The van der Waals surface area contributed by atoms with Gasteiger partial charge in [0.2, 0.25) is 0 Å². The third-order valence-electron chi connectivity index (χ3n) is 3.53. The molecule has 0 fully saturated rings. The summed E-state index contributed by atoms with van der Waals surface area (Å²) in [4.78, 5) is 0. The minimum atomic E-state index is 0.0643. The highest BCUT2D eigenvalue weighted by Gasteiger charge is 2.33. The smallest absolute Gasteiger partial charge is 0.119 e. The van der Waals surface area contributed by atoms with E-state index in [2.05, 4.69) is 45.1 Å². The molecule has 1 N–H and O–H groups in total. The topological polar surface area (TPSA) is 30.5 Å². The second-order valence-electron chi connectivity index (χ2n) is 6.01. The van der Waals surface area contributed by atoms with Crippen LogP contribution in [0.25, 0.3) is 0 Å². The second kappa shape index (κ2) is 6.40. The molecule has 0 aliphatic carbocycles. The van der Waals surface area contributed by atoms with Crippen molar-refractivity contribution in [3.63, 3.8) is 0 Å². The molecule has 0 saturated carbocycles. The zero-order valence-corrected chi connectivity index (χ0v) is 13.2. The van der Waals surface area contributed by atoms with Crippen LogP contribution in [0.1, 0.15) is 37.9 Å². The normalized spacial score (nSPS) is 15.1. The number of benzene rings is 1. The van der Waals surface area contributed by atoms with Gasteiger partial charge in [-0.15, -0.1) is 0 Å². The zero-order valence-electron chi connectivity index (χ0n) is 13.2. The first-order valence-electron chi connectivity index (χ1n) is 6.69. The van der Waals surface area contributed by atoms with Gasteiger partial charge in [0.15, 0.2) is 0 Å². The average molecular weight is 265 g/mol. The van der Waals surface area contributed by atoms with Crippen LogP contribution in [0.15, 0.2) is 18.2 Å². The van der Waals surface area contributed by atoms with Crippen LogP contribution >= 0.6 is 0 Å². The Bertz CT molecular complexity index is 410. The van der Waals surface area contributed by atoms with Crippen LogP contribution in [0.2, 0.25) is 0 Å². The Morgan fingerprint density at radius 3 is 2.16 bits per heavy atom. The predicted octanol–water partition coefficient (Wildman–Crippen LogP) is 3.33. The Hall–Kier alpha value is -1.06. The lowest BCUT2D eigenvalue weighted by Gasteiger charge is -2.36. The molecule has 2 atom stereocenters. The van der Waals surface area contributed by atoms with Gasteiger partial charge in [-0.05, 0) is 42.6 Å². The van der Waals surface area contributed by atoms with E-state index < -0.39 is 0 Å². The van der Waals surface area contributed by atoms with Crippen LogP contribution in [0.4, 0.5) is 0 Å². The molecule has 0 aliphatic rings. The van der Waals surface area contributed by atoms with Gasteiger partial charge < -0.3 is 14.8 Å². The lowest BCUT2D eigenvalue weighted by Crippen LogP contribution is -2.40. The van der Waals surface area contributed by atoms with E-state index in [0.29, 0.717) is 0 Å². The molecule has 1 aromatic carbocycles. The molecule has 0 saturated heterocycles. The van der Waals surface area contributed by atoms with Gasteiger partial charge >= 0.3 is 0 Å². The average Bonchev–Trinajstić information content (AvgIpc) is 2.34. The molecule has 1 aromatic rings. The van der Waals surface area contributed by atoms with Crippen molar-refractivity contribution in [1.82, 2.24) is 5.32 Å². The minimum Gasteiger partial charge on any atom is -0.497 e. The molecule has 3 nitrogen and oxygen atoms in total. The highest BCUT2D eigenvalue weighted by atomic mass is 16.5. The fourth-order valence-corrected chi connectivity index (χ4v) is 2.58. The Kier molecular flexibility index (Phi) is 5.39. The molecule has 2 unspecified atom stereocenters. The summed E-state index contributed by atoms with van der Waals surface area (Å²) in [6.45, 7) is 8.71. The quantitative estimate of drug-likeness (QED) is 0.886. The standard InChI is InChI=1S/C16H27NO2/c1-11-10-12(18-6)8-9-13(11)14(17-5)15(19-7)16(2,3)4/h8-10,14-15,17H,1-7H3. The van der Waals surface area contributed by atoms with E-state index in [-0.39, 0.29) is 17.6 Å². The van der Waals surface area contributed by atoms with Gasteiger partial charge in [0.25, 0.3) is 0 Å². The number of likely N-dealkylation sites (N-methyl/N-ethyl adjacent to an activating group) is 1. The molecule has 0 heterocycles. The van der Waals surface area contributed by atoms with Gasteiger partial charge in [-0.1, -0.05) is 26.8 Å². The van der Waals surface area contributed by atoms with Gasteiger partial charge in [-0.3, -0.25) is 0 Å². The van der Waals surface area contributed by atoms with Gasteiger partial charge in [0.1, 0.15) is 5.75 Å². The largest absolute Gasteiger partial charge is 0.497 e.